The summed E-state index contributed by atoms with van der Waals surface area (Å²) in [5.74, 6) is 0.114. The molecule has 3 N–H and O–H groups in total. The van der Waals surface area contributed by atoms with Crippen LogP contribution in [-0.4, -0.2) is 31.2 Å². The van der Waals surface area contributed by atoms with Crippen molar-refractivity contribution in [2.24, 2.45) is 5.73 Å². The van der Waals surface area contributed by atoms with E-state index < -0.39 is 0 Å². The Bertz CT molecular complexity index is 226. The molecule has 0 heterocycles. The number of amides is 1. The summed E-state index contributed by atoms with van der Waals surface area (Å²) in [6.45, 7) is 3.24. The molecule has 0 aliphatic heterocycles. The fraction of sp³-hybridized carbons (Fsp3) is 0.929. The van der Waals surface area contributed by atoms with Crippen molar-refractivity contribution in [3.63, 3.8) is 0 Å². The normalized spacial score (nSPS) is 18.6. The average Bonchev–Trinajstić information content (AvgIpc) is 2.35. The molecule has 0 saturated heterocycles. The van der Waals surface area contributed by atoms with Gasteiger partial charge in [0.2, 0.25) is 5.91 Å². The molecule has 1 rings (SSSR count). The van der Waals surface area contributed by atoms with Crippen molar-refractivity contribution in [1.29, 1.82) is 0 Å². The first-order valence-electron chi connectivity index (χ1n) is 7.32. The van der Waals surface area contributed by atoms with E-state index in [4.69, 9.17) is 10.5 Å². The number of nitrogens with two attached hydrogens (primary N) is 1. The minimum absolute atomic E-state index is 0.114. The van der Waals surface area contributed by atoms with Gasteiger partial charge in [0.15, 0.2) is 0 Å². The maximum absolute atomic E-state index is 11.5. The zero-order valence-electron chi connectivity index (χ0n) is 11.6. The average molecular weight is 256 g/mol. The molecule has 106 valence electrons. The van der Waals surface area contributed by atoms with Gasteiger partial charge in [0.05, 0.1) is 12.7 Å². The van der Waals surface area contributed by atoms with Crippen LogP contribution >= 0.6 is 0 Å². The van der Waals surface area contributed by atoms with Crippen molar-refractivity contribution >= 4 is 5.91 Å². The third-order valence-corrected chi connectivity index (χ3v) is 3.39. The van der Waals surface area contributed by atoms with Crippen molar-refractivity contribution in [3.8, 4) is 0 Å². The third kappa shape index (κ3) is 7.67. The number of ether oxygens (including phenoxy) is 1. The lowest BCUT2D eigenvalue weighted by molar-refractivity contribution is -0.121. The van der Waals surface area contributed by atoms with Crippen molar-refractivity contribution < 1.29 is 9.53 Å². The van der Waals surface area contributed by atoms with Crippen LogP contribution in [0.2, 0.25) is 0 Å². The highest BCUT2D eigenvalue weighted by Crippen LogP contribution is 2.19. The first-order chi connectivity index (χ1) is 8.68. The molecule has 0 radical (unpaired) electrons. The van der Waals surface area contributed by atoms with Gasteiger partial charge >= 0.3 is 0 Å². The lowest BCUT2D eigenvalue weighted by atomic mass is 9.98. The smallest absolute Gasteiger partial charge is 0.220 e. The molecule has 1 atom stereocenters. The minimum Gasteiger partial charge on any atom is -0.376 e. The maximum Gasteiger partial charge on any atom is 0.220 e. The Morgan fingerprint density at radius 2 is 2.11 bits per heavy atom. The van der Waals surface area contributed by atoms with Gasteiger partial charge in [-0.3, -0.25) is 4.79 Å². The van der Waals surface area contributed by atoms with E-state index in [1.807, 2.05) is 6.92 Å². The van der Waals surface area contributed by atoms with E-state index in [2.05, 4.69) is 5.32 Å². The van der Waals surface area contributed by atoms with Crippen LogP contribution in [0.4, 0.5) is 0 Å². The molecule has 1 amide bonds. The van der Waals surface area contributed by atoms with Crippen molar-refractivity contribution in [2.45, 2.75) is 70.4 Å². The fourth-order valence-corrected chi connectivity index (χ4v) is 2.32. The monoisotopic (exact) mass is 256 g/mol. The lowest BCUT2D eigenvalue weighted by Gasteiger charge is -2.22. The summed E-state index contributed by atoms with van der Waals surface area (Å²) in [4.78, 5) is 11.5. The first kappa shape index (κ1) is 15.4. The van der Waals surface area contributed by atoms with Crippen LogP contribution in [0.5, 0.6) is 0 Å². The molecule has 1 unspecified atom stereocenters. The molecule has 1 saturated carbocycles. The van der Waals surface area contributed by atoms with Crippen LogP contribution in [0, 0.1) is 0 Å². The van der Waals surface area contributed by atoms with Crippen LogP contribution < -0.4 is 11.1 Å². The third-order valence-electron chi connectivity index (χ3n) is 3.39. The van der Waals surface area contributed by atoms with Gasteiger partial charge in [-0.2, -0.15) is 0 Å². The van der Waals surface area contributed by atoms with E-state index in [1.165, 1.54) is 32.1 Å². The number of nitrogens with one attached hydrogen (secondary N) is 1. The highest BCUT2D eigenvalue weighted by atomic mass is 16.5. The van der Waals surface area contributed by atoms with E-state index in [0.29, 0.717) is 25.7 Å². The number of rotatable bonds is 8. The molecule has 1 fully saturated rings. The summed E-state index contributed by atoms with van der Waals surface area (Å²) >= 11 is 0. The lowest BCUT2D eigenvalue weighted by Crippen LogP contribution is -2.29. The van der Waals surface area contributed by atoms with E-state index in [9.17, 15) is 4.79 Å². The molecule has 18 heavy (non-hydrogen) atoms. The molecule has 0 bridgehead atoms. The van der Waals surface area contributed by atoms with Gasteiger partial charge in [0, 0.05) is 19.0 Å². The second-order valence-corrected chi connectivity index (χ2v) is 5.35. The highest BCUT2D eigenvalue weighted by molar-refractivity contribution is 5.75. The molecule has 0 spiro atoms. The summed E-state index contributed by atoms with van der Waals surface area (Å²) in [5, 5.41) is 2.89. The van der Waals surface area contributed by atoms with Gasteiger partial charge in [-0.05, 0) is 32.6 Å². The van der Waals surface area contributed by atoms with Gasteiger partial charge in [-0.25, -0.2) is 0 Å². The summed E-state index contributed by atoms with van der Waals surface area (Å²) in [7, 11) is 0. The predicted octanol–water partition coefficient (Wildman–Crippen LogP) is 1.97. The largest absolute Gasteiger partial charge is 0.376 e. The molecule has 4 heteroatoms. The summed E-state index contributed by atoms with van der Waals surface area (Å²) in [6.07, 6.45) is 9.06. The highest BCUT2D eigenvalue weighted by Gasteiger charge is 2.13. The Kier molecular flexibility index (Phi) is 8.01. The Labute approximate surface area is 111 Å². The predicted molar refractivity (Wildman–Crippen MR) is 73.3 cm³/mol. The van der Waals surface area contributed by atoms with Gasteiger partial charge in [-0.15, -0.1) is 0 Å². The van der Waals surface area contributed by atoms with Gasteiger partial charge < -0.3 is 15.8 Å². The number of carbonyl (C=O) groups is 1. The van der Waals surface area contributed by atoms with Crippen LogP contribution in [0.25, 0.3) is 0 Å². The van der Waals surface area contributed by atoms with Crippen molar-refractivity contribution in [1.82, 2.24) is 5.32 Å². The molecule has 0 aromatic heterocycles. The molecule has 4 nitrogen and oxygen atoms in total. The quantitative estimate of drug-likeness (QED) is 0.653. The SMILES string of the molecule is CC(N)CCCC(=O)NCCOC1CCCCC1. The fourth-order valence-electron chi connectivity index (χ4n) is 2.32. The molecule has 1 aliphatic rings. The summed E-state index contributed by atoms with van der Waals surface area (Å²) in [6, 6.07) is 0.187. The van der Waals surface area contributed by atoms with Crippen LogP contribution in [0.3, 0.4) is 0 Å². The summed E-state index contributed by atoms with van der Waals surface area (Å²) < 4.78 is 5.74. The zero-order valence-corrected chi connectivity index (χ0v) is 11.6. The van der Waals surface area contributed by atoms with Gasteiger partial charge in [0.25, 0.3) is 0 Å². The van der Waals surface area contributed by atoms with E-state index in [0.717, 1.165) is 12.8 Å². The number of hydrogen-bond acceptors (Lipinski definition) is 3. The Hall–Kier alpha value is -0.610. The van der Waals surface area contributed by atoms with E-state index in [1.54, 1.807) is 0 Å². The topological polar surface area (TPSA) is 64.4 Å². The van der Waals surface area contributed by atoms with Crippen molar-refractivity contribution in [3.05, 3.63) is 0 Å². The second-order valence-electron chi connectivity index (χ2n) is 5.35. The molecule has 0 aromatic carbocycles. The van der Waals surface area contributed by atoms with E-state index >= 15 is 0 Å². The minimum atomic E-state index is 0.114. The Morgan fingerprint density at radius 1 is 1.39 bits per heavy atom. The van der Waals surface area contributed by atoms with E-state index in [-0.39, 0.29) is 11.9 Å². The van der Waals surface area contributed by atoms with Crippen molar-refractivity contribution in [2.75, 3.05) is 13.2 Å². The van der Waals surface area contributed by atoms with Crippen LogP contribution in [0.1, 0.15) is 58.3 Å². The Morgan fingerprint density at radius 3 is 2.78 bits per heavy atom. The van der Waals surface area contributed by atoms with Crippen LogP contribution in [0.15, 0.2) is 0 Å². The molecular weight excluding hydrogens is 228 g/mol. The molecular formula is C14H28N2O2. The standard InChI is InChI=1S/C14H28N2O2/c1-12(15)6-5-9-14(17)16-10-11-18-13-7-3-2-4-8-13/h12-13H,2-11,15H2,1H3,(H,16,17). The van der Waals surface area contributed by atoms with Gasteiger partial charge in [0.1, 0.15) is 0 Å². The van der Waals surface area contributed by atoms with Crippen LogP contribution in [-0.2, 0) is 9.53 Å². The summed E-state index contributed by atoms with van der Waals surface area (Å²) in [5.41, 5.74) is 5.63. The van der Waals surface area contributed by atoms with Gasteiger partial charge in [-0.1, -0.05) is 19.3 Å². The molecule has 0 aromatic rings. The molecule has 1 aliphatic carbocycles. The maximum atomic E-state index is 11.5. The second kappa shape index (κ2) is 9.34. The first-order valence-corrected chi connectivity index (χ1v) is 7.32. The zero-order chi connectivity index (χ0) is 13.2. The number of hydrogen-bond donors (Lipinski definition) is 2. The number of carbonyl (C=O) groups excluding carboxylic acids is 1. The Balaban J connectivity index is 1.91.